The van der Waals surface area contributed by atoms with Crippen molar-refractivity contribution in [3.05, 3.63) is 0 Å². The lowest BCUT2D eigenvalue weighted by Crippen LogP contribution is -2.86. The van der Waals surface area contributed by atoms with Crippen LogP contribution in [0.4, 0.5) is 0 Å². The molecule has 0 N–H and O–H groups in total. The summed E-state index contributed by atoms with van der Waals surface area (Å²) in [4.78, 5) is 0. The Morgan fingerprint density at radius 3 is 1.82 bits per heavy atom. The summed E-state index contributed by atoms with van der Waals surface area (Å²) < 4.78 is 1.28. The van der Waals surface area contributed by atoms with Crippen molar-refractivity contribution < 1.29 is 0 Å². The maximum atomic E-state index is 2.60. The number of rotatable bonds is 2. The van der Waals surface area contributed by atoms with Gasteiger partial charge >= 0.3 is 0 Å². The molecular formula is C15H24S2. The quantitative estimate of drug-likeness (QED) is 0.732. The normalized spacial score (nSPS) is 61.4. The van der Waals surface area contributed by atoms with Crippen LogP contribution >= 0.6 is 23.5 Å². The second-order valence-electron chi connectivity index (χ2n) is 7.37. The van der Waals surface area contributed by atoms with Crippen LogP contribution in [0.3, 0.4) is 0 Å². The molecule has 17 heavy (non-hydrogen) atoms. The van der Waals surface area contributed by atoms with Crippen molar-refractivity contribution in [2.75, 3.05) is 12.5 Å². The fraction of sp³-hybridized carbons (Fsp3) is 1.00. The largest absolute Gasteiger partial charge is 0.157 e. The molecule has 0 spiro atoms. The molecule has 96 valence electrons. The zero-order valence-electron chi connectivity index (χ0n) is 11.5. The maximum absolute atomic E-state index is 2.60. The summed E-state index contributed by atoms with van der Waals surface area (Å²) in [6, 6.07) is 0. The highest BCUT2D eigenvalue weighted by molar-refractivity contribution is 8.02. The van der Waals surface area contributed by atoms with Crippen LogP contribution in [0.2, 0.25) is 0 Å². The van der Waals surface area contributed by atoms with Crippen LogP contribution in [-0.4, -0.2) is 22.0 Å². The molecule has 0 aromatic rings. The Labute approximate surface area is 114 Å². The summed E-state index contributed by atoms with van der Waals surface area (Å²) in [7, 11) is 0. The van der Waals surface area contributed by atoms with Gasteiger partial charge in [-0.05, 0) is 67.3 Å². The highest BCUT2D eigenvalue weighted by Gasteiger charge is 2.84. The SMILES string of the molecule is CSC12C3CC4C[C@@H]1C[C@H](C4)C3(SC)C2(C)C. The van der Waals surface area contributed by atoms with E-state index >= 15 is 0 Å². The topological polar surface area (TPSA) is 0 Å². The van der Waals surface area contributed by atoms with Crippen molar-refractivity contribution in [2.24, 2.45) is 29.1 Å². The van der Waals surface area contributed by atoms with Gasteiger partial charge in [-0.25, -0.2) is 0 Å². The zero-order valence-corrected chi connectivity index (χ0v) is 13.1. The molecule has 4 unspecified atom stereocenters. The fourth-order valence-corrected chi connectivity index (χ4v) is 10.8. The highest BCUT2D eigenvalue weighted by atomic mass is 32.2. The molecule has 0 aromatic carbocycles. The monoisotopic (exact) mass is 268 g/mol. The van der Waals surface area contributed by atoms with E-state index in [4.69, 9.17) is 0 Å². The van der Waals surface area contributed by atoms with Crippen LogP contribution in [0, 0.1) is 29.1 Å². The second kappa shape index (κ2) is 3.06. The number of thioether (sulfide) groups is 2. The van der Waals surface area contributed by atoms with Crippen molar-refractivity contribution >= 4 is 23.5 Å². The first-order valence-electron chi connectivity index (χ1n) is 7.15. The molecule has 0 radical (unpaired) electrons. The first-order chi connectivity index (χ1) is 8.04. The molecule has 6 rings (SSSR count). The van der Waals surface area contributed by atoms with Gasteiger partial charge in [0.15, 0.2) is 0 Å². The van der Waals surface area contributed by atoms with Crippen LogP contribution in [0.25, 0.3) is 0 Å². The zero-order chi connectivity index (χ0) is 12.1. The highest BCUT2D eigenvalue weighted by Crippen LogP contribution is 2.85. The molecule has 0 heterocycles. The average Bonchev–Trinajstić information content (AvgIpc) is 2.28. The molecule has 6 atom stereocenters. The predicted molar refractivity (Wildman–Crippen MR) is 78.7 cm³/mol. The summed E-state index contributed by atoms with van der Waals surface area (Å²) in [6.45, 7) is 5.20. The molecule has 0 aromatic heterocycles. The van der Waals surface area contributed by atoms with E-state index in [0.717, 1.165) is 23.7 Å². The van der Waals surface area contributed by atoms with Crippen molar-refractivity contribution in [3.8, 4) is 0 Å². The second-order valence-corrected chi connectivity index (χ2v) is 9.54. The average molecular weight is 268 g/mol. The molecular weight excluding hydrogens is 244 g/mol. The van der Waals surface area contributed by atoms with E-state index < -0.39 is 0 Å². The Hall–Kier alpha value is 0.700. The van der Waals surface area contributed by atoms with Gasteiger partial charge in [-0.3, -0.25) is 0 Å². The van der Waals surface area contributed by atoms with Crippen molar-refractivity contribution in [1.82, 2.24) is 0 Å². The van der Waals surface area contributed by atoms with Crippen molar-refractivity contribution in [2.45, 2.75) is 49.0 Å². The molecule has 0 nitrogen and oxygen atoms in total. The molecule has 0 aliphatic heterocycles. The summed E-state index contributed by atoms with van der Waals surface area (Å²) >= 11 is 4.47. The summed E-state index contributed by atoms with van der Waals surface area (Å²) in [5.74, 6) is 4.22. The minimum atomic E-state index is 0.558. The first-order valence-corrected chi connectivity index (χ1v) is 9.59. The number of hydrogen-bond donors (Lipinski definition) is 0. The van der Waals surface area contributed by atoms with Crippen LogP contribution in [0.5, 0.6) is 0 Å². The minimum Gasteiger partial charge on any atom is -0.157 e. The van der Waals surface area contributed by atoms with Crippen LogP contribution in [0.15, 0.2) is 0 Å². The maximum Gasteiger partial charge on any atom is 0.0291 e. The molecule has 6 fully saturated rings. The molecule has 6 bridgehead atoms. The Morgan fingerprint density at radius 1 is 0.824 bits per heavy atom. The Bertz CT molecular complexity index is 347. The summed E-state index contributed by atoms with van der Waals surface area (Å²) in [5, 5.41) is 0. The Balaban J connectivity index is 1.91. The molecule has 0 amide bonds. The van der Waals surface area contributed by atoms with E-state index in [0.29, 0.717) is 14.9 Å². The number of hydrogen-bond acceptors (Lipinski definition) is 2. The third-order valence-corrected chi connectivity index (χ3v) is 10.9. The summed E-state index contributed by atoms with van der Waals surface area (Å²) in [6.07, 6.45) is 11.0. The van der Waals surface area contributed by atoms with Crippen molar-refractivity contribution in [1.29, 1.82) is 0 Å². The van der Waals surface area contributed by atoms with Gasteiger partial charge in [-0.1, -0.05) is 13.8 Å². The van der Waals surface area contributed by atoms with Crippen LogP contribution < -0.4 is 0 Å². The van der Waals surface area contributed by atoms with E-state index in [1.165, 1.54) is 0 Å². The lowest BCUT2D eigenvalue weighted by Gasteiger charge is -2.85. The molecule has 6 saturated carbocycles. The first kappa shape index (κ1) is 11.5. The smallest absolute Gasteiger partial charge is 0.0291 e. The van der Waals surface area contributed by atoms with Crippen LogP contribution in [-0.2, 0) is 0 Å². The lowest BCUT2D eigenvalue weighted by atomic mass is 9.29. The molecule has 6 aliphatic carbocycles. The molecule has 2 heteroatoms. The van der Waals surface area contributed by atoms with Gasteiger partial charge in [0.1, 0.15) is 0 Å². The van der Waals surface area contributed by atoms with Gasteiger partial charge in [0.05, 0.1) is 0 Å². The van der Waals surface area contributed by atoms with Gasteiger partial charge in [-0.15, -0.1) is 0 Å². The van der Waals surface area contributed by atoms with E-state index in [1.54, 1.807) is 25.7 Å². The van der Waals surface area contributed by atoms with Gasteiger partial charge < -0.3 is 0 Å². The standard InChI is InChI=1S/C15H24S2/c1-13(2)14(16-3)10-5-9-6-11(8-10)15(13,17-4)12(14)7-9/h9-12H,5-8H2,1-4H3/t9?,10-,11+,12?,14?,15?. The van der Waals surface area contributed by atoms with E-state index in [2.05, 4.69) is 49.9 Å². The predicted octanol–water partition coefficient (Wildman–Crippen LogP) is 4.30. The van der Waals surface area contributed by atoms with E-state index in [1.807, 2.05) is 0 Å². The Kier molecular flexibility index (Phi) is 2.07. The minimum absolute atomic E-state index is 0.558. The van der Waals surface area contributed by atoms with Gasteiger partial charge in [0, 0.05) is 9.49 Å². The third-order valence-electron chi connectivity index (χ3n) is 7.25. The van der Waals surface area contributed by atoms with E-state index in [-0.39, 0.29) is 0 Å². The fourth-order valence-electron chi connectivity index (χ4n) is 7.15. The van der Waals surface area contributed by atoms with E-state index in [9.17, 15) is 0 Å². The summed E-state index contributed by atoms with van der Waals surface area (Å²) in [5.41, 5.74) is 0.558. The van der Waals surface area contributed by atoms with Gasteiger partial charge in [-0.2, -0.15) is 23.5 Å². The van der Waals surface area contributed by atoms with Crippen molar-refractivity contribution in [3.63, 3.8) is 0 Å². The molecule has 0 saturated heterocycles. The lowest BCUT2D eigenvalue weighted by molar-refractivity contribution is -0.214. The molecule has 6 aliphatic rings. The van der Waals surface area contributed by atoms with Gasteiger partial charge in [0.25, 0.3) is 0 Å². The Morgan fingerprint density at radius 2 is 1.35 bits per heavy atom. The van der Waals surface area contributed by atoms with Crippen LogP contribution in [0.1, 0.15) is 39.5 Å². The third kappa shape index (κ3) is 0.862. The van der Waals surface area contributed by atoms with Gasteiger partial charge in [0.2, 0.25) is 0 Å².